The number of H-pyrrole nitrogens is 1. The maximum atomic E-state index is 11.8. The SMILES string of the molecule is CC(NC(=O)c1ccc(C(=O)O)s1)c1nn[nH]n1. The van der Waals surface area contributed by atoms with Gasteiger partial charge in [0.1, 0.15) is 4.88 Å². The molecule has 0 bridgehead atoms. The van der Waals surface area contributed by atoms with E-state index in [1.807, 2.05) is 0 Å². The highest BCUT2D eigenvalue weighted by Gasteiger charge is 2.17. The van der Waals surface area contributed by atoms with Crippen LogP contribution in [-0.4, -0.2) is 37.6 Å². The third-order valence-electron chi connectivity index (χ3n) is 2.14. The van der Waals surface area contributed by atoms with Crippen LogP contribution in [0.2, 0.25) is 0 Å². The van der Waals surface area contributed by atoms with Crippen molar-refractivity contribution in [2.75, 3.05) is 0 Å². The van der Waals surface area contributed by atoms with Gasteiger partial charge in [-0.2, -0.15) is 5.21 Å². The number of nitrogens with zero attached hydrogens (tertiary/aromatic N) is 3. The standard InChI is InChI=1S/C9H9N5O3S/c1-4(7-11-13-14-12-7)10-8(15)5-2-3-6(18-5)9(16)17/h2-4H,1H3,(H,10,15)(H,16,17)(H,11,12,13,14). The Hall–Kier alpha value is -2.29. The van der Waals surface area contributed by atoms with E-state index in [1.54, 1.807) is 6.92 Å². The molecule has 2 aromatic heterocycles. The van der Waals surface area contributed by atoms with Crippen LogP contribution in [0.1, 0.15) is 38.1 Å². The van der Waals surface area contributed by atoms with Gasteiger partial charge in [0, 0.05) is 0 Å². The first-order valence-electron chi connectivity index (χ1n) is 4.95. The first kappa shape index (κ1) is 12.2. The van der Waals surface area contributed by atoms with Crippen LogP contribution in [0.3, 0.4) is 0 Å². The van der Waals surface area contributed by atoms with Gasteiger partial charge in [-0.1, -0.05) is 5.21 Å². The fourth-order valence-corrected chi connectivity index (χ4v) is 2.01. The predicted molar refractivity (Wildman–Crippen MR) is 61.3 cm³/mol. The van der Waals surface area contributed by atoms with Crippen molar-refractivity contribution in [1.82, 2.24) is 25.9 Å². The molecular formula is C9H9N5O3S. The maximum Gasteiger partial charge on any atom is 0.345 e. The minimum absolute atomic E-state index is 0.118. The molecule has 0 radical (unpaired) electrons. The van der Waals surface area contributed by atoms with Crippen molar-refractivity contribution >= 4 is 23.2 Å². The molecule has 2 heterocycles. The topological polar surface area (TPSA) is 121 Å². The third-order valence-corrected chi connectivity index (χ3v) is 3.21. The van der Waals surface area contributed by atoms with Crippen LogP contribution in [0.15, 0.2) is 12.1 Å². The van der Waals surface area contributed by atoms with Crippen molar-refractivity contribution in [1.29, 1.82) is 0 Å². The van der Waals surface area contributed by atoms with Gasteiger partial charge in [-0.3, -0.25) is 4.79 Å². The van der Waals surface area contributed by atoms with Crippen LogP contribution in [0.25, 0.3) is 0 Å². The second-order valence-corrected chi connectivity index (χ2v) is 4.52. The number of rotatable bonds is 4. The third kappa shape index (κ3) is 2.51. The molecule has 8 nitrogen and oxygen atoms in total. The van der Waals surface area contributed by atoms with Crippen LogP contribution in [0, 0.1) is 0 Å². The van der Waals surface area contributed by atoms with Crippen molar-refractivity contribution in [2.24, 2.45) is 0 Å². The lowest BCUT2D eigenvalue weighted by Gasteiger charge is -2.08. The van der Waals surface area contributed by atoms with Crippen molar-refractivity contribution in [3.05, 3.63) is 27.7 Å². The van der Waals surface area contributed by atoms with Gasteiger partial charge in [0.25, 0.3) is 5.91 Å². The summed E-state index contributed by atoms with van der Waals surface area (Å²) in [5, 5.41) is 24.6. The van der Waals surface area contributed by atoms with E-state index < -0.39 is 12.0 Å². The Morgan fingerprint density at radius 1 is 1.44 bits per heavy atom. The zero-order valence-corrected chi connectivity index (χ0v) is 10.1. The Kier molecular flexibility index (Phi) is 3.33. The first-order chi connectivity index (χ1) is 8.58. The molecular weight excluding hydrogens is 258 g/mol. The number of amides is 1. The molecule has 2 aromatic rings. The van der Waals surface area contributed by atoms with Crippen LogP contribution in [0.4, 0.5) is 0 Å². The van der Waals surface area contributed by atoms with Crippen LogP contribution in [-0.2, 0) is 0 Å². The number of carbonyl (C=O) groups is 2. The molecule has 94 valence electrons. The Morgan fingerprint density at radius 2 is 2.17 bits per heavy atom. The highest BCUT2D eigenvalue weighted by molar-refractivity contribution is 7.15. The lowest BCUT2D eigenvalue weighted by Crippen LogP contribution is -2.26. The van der Waals surface area contributed by atoms with E-state index >= 15 is 0 Å². The molecule has 0 aliphatic heterocycles. The molecule has 2 rings (SSSR count). The van der Waals surface area contributed by atoms with E-state index in [0.29, 0.717) is 10.7 Å². The molecule has 0 fully saturated rings. The number of carbonyl (C=O) groups excluding carboxylic acids is 1. The van der Waals surface area contributed by atoms with Crippen molar-refractivity contribution < 1.29 is 14.7 Å². The quantitative estimate of drug-likeness (QED) is 0.739. The molecule has 0 saturated heterocycles. The number of aromatic carboxylic acids is 1. The van der Waals surface area contributed by atoms with Crippen molar-refractivity contribution in [2.45, 2.75) is 13.0 Å². The largest absolute Gasteiger partial charge is 0.477 e. The summed E-state index contributed by atoms with van der Waals surface area (Å²) in [6, 6.07) is 2.44. The van der Waals surface area contributed by atoms with Gasteiger partial charge in [0.2, 0.25) is 0 Å². The number of thiophene rings is 1. The highest BCUT2D eigenvalue weighted by Crippen LogP contribution is 2.17. The van der Waals surface area contributed by atoms with Gasteiger partial charge in [-0.05, 0) is 19.1 Å². The van der Waals surface area contributed by atoms with Gasteiger partial charge in [-0.15, -0.1) is 21.5 Å². The molecule has 1 atom stereocenters. The minimum Gasteiger partial charge on any atom is -0.477 e. The summed E-state index contributed by atoms with van der Waals surface area (Å²) in [6.07, 6.45) is 0. The summed E-state index contributed by atoms with van der Waals surface area (Å²) >= 11 is 0.912. The number of carboxylic acids is 1. The van der Waals surface area contributed by atoms with Crippen LogP contribution in [0.5, 0.6) is 0 Å². The lowest BCUT2D eigenvalue weighted by atomic mass is 10.3. The normalized spacial score (nSPS) is 12.1. The molecule has 1 amide bonds. The van der Waals surface area contributed by atoms with E-state index in [1.165, 1.54) is 12.1 Å². The van der Waals surface area contributed by atoms with E-state index in [4.69, 9.17) is 5.11 Å². The molecule has 0 aromatic carbocycles. The van der Waals surface area contributed by atoms with E-state index in [0.717, 1.165) is 11.3 Å². The number of tetrazole rings is 1. The van der Waals surface area contributed by atoms with E-state index in [9.17, 15) is 9.59 Å². The summed E-state index contributed by atoms with van der Waals surface area (Å²) in [7, 11) is 0. The number of hydrogen-bond donors (Lipinski definition) is 3. The average molecular weight is 267 g/mol. The monoisotopic (exact) mass is 267 g/mol. The Labute approximate surface area is 105 Å². The van der Waals surface area contributed by atoms with Crippen molar-refractivity contribution in [3.63, 3.8) is 0 Å². The molecule has 0 saturated carbocycles. The first-order valence-corrected chi connectivity index (χ1v) is 5.77. The number of carboxylic acid groups (broad SMARTS) is 1. The second-order valence-electron chi connectivity index (χ2n) is 3.43. The van der Waals surface area contributed by atoms with Gasteiger partial charge in [0.15, 0.2) is 5.82 Å². The van der Waals surface area contributed by atoms with Gasteiger partial charge >= 0.3 is 5.97 Å². The average Bonchev–Trinajstić information content (AvgIpc) is 3.00. The maximum absolute atomic E-state index is 11.8. The molecule has 3 N–H and O–H groups in total. The zero-order valence-electron chi connectivity index (χ0n) is 9.25. The van der Waals surface area contributed by atoms with Gasteiger partial charge in [-0.25, -0.2) is 4.79 Å². The minimum atomic E-state index is -1.05. The summed E-state index contributed by atoms with van der Waals surface area (Å²) in [5.74, 6) is -1.06. The van der Waals surface area contributed by atoms with Crippen LogP contribution < -0.4 is 5.32 Å². The van der Waals surface area contributed by atoms with Gasteiger partial charge < -0.3 is 10.4 Å². The molecule has 0 spiro atoms. The van der Waals surface area contributed by atoms with E-state index in [-0.39, 0.29) is 10.8 Å². The number of nitrogens with one attached hydrogen (secondary N) is 2. The van der Waals surface area contributed by atoms with Crippen molar-refractivity contribution in [3.8, 4) is 0 Å². The summed E-state index contributed by atoms with van der Waals surface area (Å²) < 4.78 is 0. The molecule has 18 heavy (non-hydrogen) atoms. The van der Waals surface area contributed by atoms with E-state index in [2.05, 4.69) is 25.9 Å². The number of aromatic nitrogens is 4. The lowest BCUT2D eigenvalue weighted by molar-refractivity contribution is 0.0702. The Bertz CT molecular complexity index is 565. The fraction of sp³-hybridized carbons (Fsp3) is 0.222. The smallest absolute Gasteiger partial charge is 0.345 e. The number of aromatic amines is 1. The second kappa shape index (κ2) is 4.92. The summed E-state index contributed by atoms with van der Waals surface area (Å²) in [5.41, 5.74) is 0. The molecule has 0 aliphatic carbocycles. The molecule has 1 unspecified atom stereocenters. The van der Waals surface area contributed by atoms with Crippen LogP contribution >= 0.6 is 11.3 Å². The Morgan fingerprint density at radius 3 is 2.72 bits per heavy atom. The van der Waals surface area contributed by atoms with Gasteiger partial charge in [0.05, 0.1) is 10.9 Å². The summed E-state index contributed by atoms with van der Waals surface area (Å²) in [6.45, 7) is 1.70. The number of hydrogen-bond acceptors (Lipinski definition) is 6. The Balaban J connectivity index is 2.05. The summed E-state index contributed by atoms with van der Waals surface area (Å²) in [4.78, 5) is 22.9. The molecule has 9 heteroatoms. The predicted octanol–water partition coefficient (Wildman–Crippen LogP) is 0.450. The highest BCUT2D eigenvalue weighted by atomic mass is 32.1. The zero-order chi connectivity index (χ0) is 13.1. The molecule has 0 aliphatic rings. The fourth-order valence-electron chi connectivity index (χ4n) is 1.26.